The van der Waals surface area contributed by atoms with E-state index in [2.05, 4.69) is 15.6 Å². The third kappa shape index (κ3) is 6.96. The SMILES string of the molecule is CCNC(=NCc1cc(OC)ccc1O)NC1CCN(S(=O)(=O)CC)CC1.I. The standard InChI is InChI=1S/C18H30N4O4S.HI/c1-4-19-18(20-13-14-12-16(26-3)6-7-17(14)23)21-15-8-10-22(11-9-15)27(24,25)5-2;/h6-7,12,15,23H,4-5,8-11,13H2,1-3H3,(H2,19,20,21);1H. The second-order valence-corrected chi connectivity index (χ2v) is 8.67. The Hall–Kier alpha value is -1.27. The summed E-state index contributed by atoms with van der Waals surface area (Å²) < 4.78 is 30.7. The summed E-state index contributed by atoms with van der Waals surface area (Å²) in [7, 11) is -1.54. The molecular formula is C18H31IN4O4S. The van der Waals surface area contributed by atoms with Gasteiger partial charge in [0.15, 0.2) is 5.96 Å². The Morgan fingerprint density at radius 1 is 1.32 bits per heavy atom. The maximum absolute atomic E-state index is 12.0. The van der Waals surface area contributed by atoms with Crippen molar-refractivity contribution < 1.29 is 18.3 Å². The number of phenols is 1. The first-order chi connectivity index (χ1) is 12.9. The van der Waals surface area contributed by atoms with Crippen LogP contribution in [0, 0.1) is 0 Å². The van der Waals surface area contributed by atoms with Gasteiger partial charge in [0.2, 0.25) is 10.0 Å². The number of hydrogen-bond acceptors (Lipinski definition) is 5. The molecule has 1 saturated heterocycles. The van der Waals surface area contributed by atoms with Gasteiger partial charge in [0.05, 0.1) is 19.4 Å². The van der Waals surface area contributed by atoms with E-state index < -0.39 is 10.0 Å². The van der Waals surface area contributed by atoms with Gasteiger partial charge in [-0.05, 0) is 44.9 Å². The lowest BCUT2D eigenvalue weighted by Gasteiger charge is -2.32. The highest BCUT2D eigenvalue weighted by molar-refractivity contribution is 14.0. The van der Waals surface area contributed by atoms with Crippen molar-refractivity contribution in [3.8, 4) is 11.5 Å². The van der Waals surface area contributed by atoms with E-state index in [0.29, 0.717) is 43.5 Å². The average molecular weight is 526 g/mol. The number of guanidine groups is 1. The first kappa shape index (κ1) is 24.8. The van der Waals surface area contributed by atoms with Crippen molar-refractivity contribution in [2.45, 2.75) is 39.3 Å². The number of nitrogens with one attached hydrogen (secondary N) is 2. The highest BCUT2D eigenvalue weighted by Crippen LogP contribution is 2.23. The van der Waals surface area contributed by atoms with Gasteiger partial charge in [-0.15, -0.1) is 24.0 Å². The van der Waals surface area contributed by atoms with Gasteiger partial charge in [-0.3, -0.25) is 0 Å². The second-order valence-electron chi connectivity index (χ2n) is 6.41. The van der Waals surface area contributed by atoms with E-state index in [9.17, 15) is 13.5 Å². The number of hydrogen-bond donors (Lipinski definition) is 3. The highest BCUT2D eigenvalue weighted by atomic mass is 127. The quantitative estimate of drug-likeness (QED) is 0.285. The number of nitrogens with zero attached hydrogens (tertiary/aromatic N) is 2. The van der Waals surface area contributed by atoms with Crippen molar-refractivity contribution >= 4 is 40.0 Å². The van der Waals surface area contributed by atoms with E-state index >= 15 is 0 Å². The third-order valence-corrected chi connectivity index (χ3v) is 6.47. The normalized spacial score (nSPS) is 16.3. The first-order valence-corrected chi connectivity index (χ1v) is 10.9. The van der Waals surface area contributed by atoms with Gasteiger partial charge in [0, 0.05) is 31.2 Å². The van der Waals surface area contributed by atoms with Crippen LogP contribution in [0.15, 0.2) is 23.2 Å². The molecule has 0 radical (unpaired) electrons. The summed E-state index contributed by atoms with van der Waals surface area (Å²) in [4.78, 5) is 4.55. The molecule has 0 saturated carbocycles. The topological polar surface area (TPSA) is 103 Å². The Kier molecular flexibility index (Phi) is 10.3. The Morgan fingerprint density at radius 3 is 2.57 bits per heavy atom. The molecule has 0 aliphatic carbocycles. The van der Waals surface area contributed by atoms with E-state index in [-0.39, 0.29) is 41.5 Å². The summed E-state index contributed by atoms with van der Waals surface area (Å²) >= 11 is 0. The van der Waals surface area contributed by atoms with Crippen LogP contribution in [0.3, 0.4) is 0 Å². The summed E-state index contributed by atoms with van der Waals surface area (Å²) in [5.41, 5.74) is 0.676. The number of benzene rings is 1. The van der Waals surface area contributed by atoms with E-state index in [4.69, 9.17) is 4.74 Å². The predicted octanol–water partition coefficient (Wildman–Crippen LogP) is 1.89. The average Bonchev–Trinajstić information content (AvgIpc) is 2.67. The molecule has 0 amide bonds. The maximum Gasteiger partial charge on any atom is 0.213 e. The Labute approximate surface area is 184 Å². The molecule has 28 heavy (non-hydrogen) atoms. The van der Waals surface area contributed by atoms with E-state index in [1.165, 1.54) is 0 Å². The fourth-order valence-electron chi connectivity index (χ4n) is 2.95. The largest absolute Gasteiger partial charge is 0.508 e. The molecule has 160 valence electrons. The molecule has 0 bridgehead atoms. The van der Waals surface area contributed by atoms with Gasteiger partial charge in [-0.1, -0.05) is 0 Å². The van der Waals surface area contributed by atoms with Gasteiger partial charge in [-0.25, -0.2) is 17.7 Å². The smallest absolute Gasteiger partial charge is 0.213 e. The van der Waals surface area contributed by atoms with Crippen LogP contribution >= 0.6 is 24.0 Å². The fourth-order valence-corrected chi connectivity index (χ4v) is 4.09. The van der Waals surface area contributed by atoms with Gasteiger partial charge in [-0.2, -0.15) is 0 Å². The zero-order valence-corrected chi connectivity index (χ0v) is 19.8. The number of halogens is 1. The van der Waals surface area contributed by atoms with E-state index in [1.807, 2.05) is 6.92 Å². The highest BCUT2D eigenvalue weighted by Gasteiger charge is 2.27. The van der Waals surface area contributed by atoms with E-state index in [0.717, 1.165) is 12.8 Å². The van der Waals surface area contributed by atoms with Crippen LogP contribution in [0.4, 0.5) is 0 Å². The fraction of sp³-hybridized carbons (Fsp3) is 0.611. The van der Waals surface area contributed by atoms with Crippen molar-refractivity contribution in [3.05, 3.63) is 23.8 Å². The monoisotopic (exact) mass is 526 g/mol. The predicted molar refractivity (Wildman–Crippen MR) is 122 cm³/mol. The lowest BCUT2D eigenvalue weighted by Crippen LogP contribution is -2.50. The van der Waals surface area contributed by atoms with Gasteiger partial charge in [0.1, 0.15) is 11.5 Å². The molecule has 0 unspecified atom stereocenters. The molecule has 3 N–H and O–H groups in total. The van der Waals surface area contributed by atoms with Crippen molar-refractivity contribution in [2.75, 3.05) is 32.5 Å². The Morgan fingerprint density at radius 2 is 2.00 bits per heavy atom. The van der Waals surface area contributed by atoms with Crippen LogP contribution in [-0.2, 0) is 16.6 Å². The first-order valence-electron chi connectivity index (χ1n) is 9.28. The van der Waals surface area contributed by atoms with Crippen molar-refractivity contribution in [1.82, 2.24) is 14.9 Å². The molecule has 1 heterocycles. The minimum Gasteiger partial charge on any atom is -0.508 e. The molecule has 1 aromatic rings. The molecule has 2 rings (SSSR count). The molecule has 1 fully saturated rings. The lowest BCUT2D eigenvalue weighted by molar-refractivity contribution is 0.306. The summed E-state index contributed by atoms with van der Waals surface area (Å²) in [6.07, 6.45) is 1.46. The molecule has 0 aromatic heterocycles. The zero-order valence-electron chi connectivity index (χ0n) is 16.6. The molecule has 1 aromatic carbocycles. The van der Waals surface area contributed by atoms with Crippen LogP contribution < -0.4 is 15.4 Å². The van der Waals surface area contributed by atoms with Crippen LogP contribution in [-0.4, -0.2) is 62.3 Å². The Balaban J connectivity index is 0.00000392. The Bertz CT molecular complexity index is 750. The van der Waals surface area contributed by atoms with Crippen molar-refractivity contribution in [2.24, 2.45) is 4.99 Å². The lowest BCUT2D eigenvalue weighted by atomic mass is 10.1. The number of sulfonamides is 1. The molecule has 1 aliphatic heterocycles. The number of phenolic OH excluding ortho intramolecular Hbond substituents is 1. The van der Waals surface area contributed by atoms with E-state index in [1.54, 1.807) is 36.5 Å². The zero-order chi connectivity index (χ0) is 19.9. The minimum absolute atomic E-state index is 0. The number of rotatable bonds is 7. The van der Waals surface area contributed by atoms with Gasteiger partial charge in [0.25, 0.3) is 0 Å². The number of aromatic hydroxyl groups is 1. The van der Waals surface area contributed by atoms with Crippen LogP contribution in [0.5, 0.6) is 11.5 Å². The van der Waals surface area contributed by atoms with Crippen LogP contribution in [0.2, 0.25) is 0 Å². The molecule has 0 atom stereocenters. The molecule has 0 spiro atoms. The third-order valence-electron chi connectivity index (χ3n) is 4.59. The minimum atomic E-state index is -3.12. The van der Waals surface area contributed by atoms with Crippen LogP contribution in [0.1, 0.15) is 32.3 Å². The summed E-state index contributed by atoms with van der Waals surface area (Å²) in [5.74, 6) is 1.63. The molecule has 10 heteroatoms. The summed E-state index contributed by atoms with van der Waals surface area (Å²) in [6.45, 7) is 5.70. The second kappa shape index (κ2) is 11.7. The number of aliphatic imine (C=N–C) groups is 1. The number of piperidine rings is 1. The maximum atomic E-state index is 12.0. The van der Waals surface area contributed by atoms with Crippen molar-refractivity contribution in [1.29, 1.82) is 0 Å². The molecular weight excluding hydrogens is 495 g/mol. The summed E-state index contributed by atoms with van der Waals surface area (Å²) in [6, 6.07) is 5.21. The van der Waals surface area contributed by atoms with Crippen molar-refractivity contribution in [3.63, 3.8) is 0 Å². The van der Waals surface area contributed by atoms with Gasteiger partial charge >= 0.3 is 0 Å². The number of methoxy groups -OCH3 is 1. The summed E-state index contributed by atoms with van der Waals surface area (Å²) in [5, 5.41) is 16.6. The molecule has 1 aliphatic rings. The van der Waals surface area contributed by atoms with Gasteiger partial charge < -0.3 is 20.5 Å². The number of ether oxygens (including phenoxy) is 1. The van der Waals surface area contributed by atoms with Crippen LogP contribution in [0.25, 0.3) is 0 Å². The molecule has 8 nitrogen and oxygen atoms in total.